The van der Waals surface area contributed by atoms with E-state index in [4.69, 9.17) is 10.3 Å². The second-order valence-electron chi connectivity index (χ2n) is 4.37. The molecular weight excluding hydrogens is 222 g/mol. The molecule has 0 radical (unpaired) electrons. The summed E-state index contributed by atoms with van der Waals surface area (Å²) in [5, 5.41) is 3.94. The van der Waals surface area contributed by atoms with E-state index in [1.54, 1.807) is 11.8 Å². The van der Waals surface area contributed by atoms with Crippen molar-refractivity contribution in [3.63, 3.8) is 0 Å². The SMILES string of the molecule is CSCCC(N)c1nc(CCC(C)C)no1. The molecule has 2 N–H and O–H groups in total. The summed E-state index contributed by atoms with van der Waals surface area (Å²) < 4.78 is 5.16. The molecule has 92 valence electrons. The van der Waals surface area contributed by atoms with Crippen molar-refractivity contribution in [3.8, 4) is 0 Å². The van der Waals surface area contributed by atoms with Crippen LogP contribution in [0.2, 0.25) is 0 Å². The van der Waals surface area contributed by atoms with Crippen molar-refractivity contribution in [1.29, 1.82) is 0 Å². The average Bonchev–Trinajstić information content (AvgIpc) is 2.71. The van der Waals surface area contributed by atoms with Crippen molar-refractivity contribution in [2.24, 2.45) is 11.7 Å². The number of hydrogen-bond acceptors (Lipinski definition) is 5. The summed E-state index contributed by atoms with van der Waals surface area (Å²) in [6.45, 7) is 4.37. The Hall–Kier alpha value is -0.550. The Balaban J connectivity index is 2.43. The molecule has 5 heteroatoms. The number of aryl methyl sites for hydroxylation is 1. The minimum absolute atomic E-state index is 0.118. The molecule has 1 heterocycles. The fourth-order valence-corrected chi connectivity index (χ4v) is 1.80. The molecule has 0 aliphatic carbocycles. The highest BCUT2D eigenvalue weighted by Gasteiger charge is 2.14. The number of rotatable bonds is 7. The number of hydrogen-bond donors (Lipinski definition) is 1. The second-order valence-corrected chi connectivity index (χ2v) is 5.35. The predicted molar refractivity (Wildman–Crippen MR) is 67.4 cm³/mol. The monoisotopic (exact) mass is 243 g/mol. The van der Waals surface area contributed by atoms with Gasteiger partial charge in [-0.2, -0.15) is 16.7 Å². The summed E-state index contributed by atoms with van der Waals surface area (Å²) in [7, 11) is 0. The highest BCUT2D eigenvalue weighted by atomic mass is 32.2. The topological polar surface area (TPSA) is 64.9 Å². The van der Waals surface area contributed by atoms with Crippen LogP contribution in [0, 0.1) is 5.92 Å². The first-order valence-corrected chi connectivity index (χ1v) is 7.10. The summed E-state index contributed by atoms with van der Waals surface area (Å²) in [5.74, 6) is 3.04. The molecule has 0 bridgehead atoms. The zero-order valence-electron chi connectivity index (χ0n) is 10.3. The molecule has 0 saturated heterocycles. The first kappa shape index (κ1) is 13.5. The van der Waals surface area contributed by atoms with Gasteiger partial charge in [-0.05, 0) is 30.8 Å². The Kier molecular flexibility index (Phi) is 5.84. The molecule has 4 nitrogen and oxygen atoms in total. The molecule has 16 heavy (non-hydrogen) atoms. The Bertz CT molecular complexity index is 301. The summed E-state index contributed by atoms with van der Waals surface area (Å²) in [5.41, 5.74) is 5.94. The minimum atomic E-state index is -0.118. The fourth-order valence-electron chi connectivity index (χ4n) is 1.31. The van der Waals surface area contributed by atoms with Crippen molar-refractivity contribution in [2.45, 2.75) is 39.2 Å². The van der Waals surface area contributed by atoms with Crippen LogP contribution >= 0.6 is 11.8 Å². The largest absolute Gasteiger partial charge is 0.338 e. The number of thioether (sulfide) groups is 1. The fraction of sp³-hybridized carbons (Fsp3) is 0.818. The molecule has 0 aliphatic heterocycles. The van der Waals surface area contributed by atoms with E-state index in [-0.39, 0.29) is 6.04 Å². The summed E-state index contributed by atoms with van der Waals surface area (Å²) >= 11 is 1.78. The van der Waals surface area contributed by atoms with E-state index in [9.17, 15) is 0 Å². The number of nitrogens with two attached hydrogens (primary N) is 1. The van der Waals surface area contributed by atoms with E-state index in [0.717, 1.165) is 30.8 Å². The van der Waals surface area contributed by atoms with E-state index >= 15 is 0 Å². The molecule has 0 fully saturated rings. The highest BCUT2D eigenvalue weighted by Crippen LogP contribution is 2.15. The van der Waals surface area contributed by atoms with Crippen molar-refractivity contribution in [1.82, 2.24) is 10.1 Å². The molecule has 0 amide bonds. The molecule has 1 aromatic heterocycles. The van der Waals surface area contributed by atoms with Gasteiger partial charge in [-0.15, -0.1) is 0 Å². The van der Waals surface area contributed by atoms with Gasteiger partial charge < -0.3 is 10.3 Å². The maximum Gasteiger partial charge on any atom is 0.243 e. The molecule has 1 aromatic rings. The maximum absolute atomic E-state index is 5.94. The van der Waals surface area contributed by atoms with Crippen LogP contribution in [0.4, 0.5) is 0 Å². The van der Waals surface area contributed by atoms with Crippen LogP contribution in [-0.4, -0.2) is 22.1 Å². The van der Waals surface area contributed by atoms with Crippen molar-refractivity contribution < 1.29 is 4.52 Å². The molecule has 1 atom stereocenters. The number of aromatic nitrogens is 2. The van der Waals surface area contributed by atoms with Crippen LogP contribution in [0.15, 0.2) is 4.52 Å². The van der Waals surface area contributed by atoms with Gasteiger partial charge in [-0.25, -0.2) is 0 Å². The van der Waals surface area contributed by atoms with E-state index in [1.807, 2.05) is 0 Å². The van der Waals surface area contributed by atoms with Crippen LogP contribution in [-0.2, 0) is 6.42 Å². The van der Waals surface area contributed by atoms with Crippen LogP contribution in [0.1, 0.15) is 44.4 Å². The zero-order valence-corrected chi connectivity index (χ0v) is 11.1. The van der Waals surface area contributed by atoms with Crippen LogP contribution in [0.5, 0.6) is 0 Å². The van der Waals surface area contributed by atoms with Crippen molar-refractivity contribution in [3.05, 3.63) is 11.7 Å². The normalized spacial score (nSPS) is 13.3. The molecule has 1 unspecified atom stereocenters. The first-order chi connectivity index (χ1) is 7.63. The van der Waals surface area contributed by atoms with Gasteiger partial charge >= 0.3 is 0 Å². The molecule has 0 spiro atoms. The van der Waals surface area contributed by atoms with Gasteiger partial charge in [0.1, 0.15) is 0 Å². The highest BCUT2D eigenvalue weighted by molar-refractivity contribution is 7.98. The molecular formula is C11H21N3OS. The quantitative estimate of drug-likeness (QED) is 0.796. The third-order valence-corrected chi connectivity index (χ3v) is 3.02. The lowest BCUT2D eigenvalue weighted by molar-refractivity contribution is 0.348. The Morgan fingerprint density at radius 3 is 2.75 bits per heavy atom. The third kappa shape index (κ3) is 4.53. The lowest BCUT2D eigenvalue weighted by Crippen LogP contribution is -2.11. The second kappa shape index (κ2) is 6.91. The van der Waals surface area contributed by atoms with Gasteiger partial charge in [0.2, 0.25) is 5.89 Å². The molecule has 0 saturated carbocycles. The van der Waals surface area contributed by atoms with Gasteiger partial charge in [0.05, 0.1) is 6.04 Å². The number of nitrogens with zero attached hydrogens (tertiary/aromatic N) is 2. The van der Waals surface area contributed by atoms with Crippen molar-refractivity contribution >= 4 is 11.8 Å². The van der Waals surface area contributed by atoms with Crippen LogP contribution < -0.4 is 5.73 Å². The molecule has 1 rings (SSSR count). The van der Waals surface area contributed by atoms with Crippen LogP contribution in [0.3, 0.4) is 0 Å². The van der Waals surface area contributed by atoms with E-state index in [0.29, 0.717) is 11.8 Å². The summed E-state index contributed by atoms with van der Waals surface area (Å²) in [6.07, 6.45) is 4.90. The van der Waals surface area contributed by atoms with Gasteiger partial charge in [-0.3, -0.25) is 0 Å². The minimum Gasteiger partial charge on any atom is -0.338 e. The Labute approximate surface area is 101 Å². The molecule has 0 aromatic carbocycles. The Morgan fingerprint density at radius 2 is 2.12 bits per heavy atom. The predicted octanol–water partition coefficient (Wildman–Crippen LogP) is 2.41. The summed E-state index contributed by atoms with van der Waals surface area (Å²) in [6, 6.07) is -0.118. The lowest BCUT2D eigenvalue weighted by Gasteiger charge is -2.03. The van der Waals surface area contributed by atoms with Gasteiger partial charge in [0, 0.05) is 6.42 Å². The van der Waals surface area contributed by atoms with E-state index in [2.05, 4.69) is 30.2 Å². The maximum atomic E-state index is 5.94. The van der Waals surface area contributed by atoms with E-state index in [1.165, 1.54) is 0 Å². The third-order valence-electron chi connectivity index (χ3n) is 2.38. The lowest BCUT2D eigenvalue weighted by atomic mass is 10.1. The zero-order chi connectivity index (χ0) is 12.0. The molecule has 0 aliphatic rings. The smallest absolute Gasteiger partial charge is 0.243 e. The summed E-state index contributed by atoms with van der Waals surface area (Å²) in [4.78, 5) is 4.32. The average molecular weight is 243 g/mol. The standard InChI is InChI=1S/C11H21N3OS/c1-8(2)4-5-10-13-11(15-14-10)9(12)6-7-16-3/h8-9H,4-7,12H2,1-3H3. The van der Waals surface area contributed by atoms with E-state index < -0.39 is 0 Å². The van der Waals surface area contributed by atoms with Gasteiger partial charge in [0.25, 0.3) is 0 Å². The first-order valence-electron chi connectivity index (χ1n) is 5.70. The van der Waals surface area contributed by atoms with Gasteiger partial charge in [0.15, 0.2) is 5.82 Å². The van der Waals surface area contributed by atoms with Crippen molar-refractivity contribution in [2.75, 3.05) is 12.0 Å². The Morgan fingerprint density at radius 1 is 1.38 bits per heavy atom. The van der Waals surface area contributed by atoms with Gasteiger partial charge in [-0.1, -0.05) is 19.0 Å². The van der Waals surface area contributed by atoms with Crippen LogP contribution in [0.25, 0.3) is 0 Å².